The molecule has 2 N–H and O–H groups in total. The van der Waals surface area contributed by atoms with Gasteiger partial charge in [-0.3, -0.25) is 4.21 Å². The summed E-state index contributed by atoms with van der Waals surface area (Å²) in [4.78, 5) is 0. The molecule has 0 spiro atoms. The molecule has 0 saturated carbocycles. The number of hydrogen-bond donors (Lipinski definition) is 2. The average Bonchev–Trinajstić information content (AvgIpc) is 2.29. The molecule has 1 aliphatic rings. The van der Waals surface area contributed by atoms with E-state index in [0.29, 0.717) is 18.6 Å². The number of rotatable bonds is 7. The van der Waals surface area contributed by atoms with Gasteiger partial charge in [0.2, 0.25) is 0 Å². The molecular formula is C12H25NO2S. The van der Waals surface area contributed by atoms with E-state index in [9.17, 15) is 4.21 Å². The zero-order valence-corrected chi connectivity index (χ0v) is 11.1. The first-order valence-electron chi connectivity index (χ1n) is 6.45. The molecular weight excluding hydrogens is 222 g/mol. The molecule has 0 bridgehead atoms. The summed E-state index contributed by atoms with van der Waals surface area (Å²) in [6.07, 6.45) is 5.36. The van der Waals surface area contributed by atoms with Crippen molar-refractivity contribution in [1.82, 2.24) is 5.32 Å². The van der Waals surface area contributed by atoms with Gasteiger partial charge in [-0.1, -0.05) is 13.3 Å². The van der Waals surface area contributed by atoms with Crippen molar-refractivity contribution in [2.75, 3.05) is 24.7 Å². The highest BCUT2D eigenvalue weighted by molar-refractivity contribution is 7.85. The van der Waals surface area contributed by atoms with Crippen molar-refractivity contribution in [2.45, 2.75) is 45.1 Å². The first-order chi connectivity index (χ1) is 7.76. The summed E-state index contributed by atoms with van der Waals surface area (Å²) in [7, 11) is -0.562. The molecule has 1 rings (SSSR count). The Morgan fingerprint density at radius 2 is 2.06 bits per heavy atom. The van der Waals surface area contributed by atoms with Crippen LogP contribution in [-0.4, -0.2) is 40.0 Å². The second-order valence-corrected chi connectivity index (χ2v) is 6.39. The van der Waals surface area contributed by atoms with Gasteiger partial charge < -0.3 is 10.4 Å². The lowest BCUT2D eigenvalue weighted by Gasteiger charge is -2.25. The molecule has 1 heterocycles. The molecule has 16 heavy (non-hydrogen) atoms. The fourth-order valence-corrected chi connectivity index (χ4v) is 3.57. The van der Waals surface area contributed by atoms with Crippen LogP contribution in [-0.2, 0) is 10.8 Å². The first kappa shape index (κ1) is 14.1. The maximum Gasteiger partial charge on any atom is 0.0434 e. The molecule has 1 unspecified atom stereocenters. The van der Waals surface area contributed by atoms with E-state index < -0.39 is 10.8 Å². The summed E-state index contributed by atoms with van der Waals surface area (Å²) in [6, 6.07) is 0.552. The minimum Gasteiger partial charge on any atom is -0.396 e. The molecule has 1 aliphatic heterocycles. The molecule has 0 aromatic heterocycles. The zero-order chi connectivity index (χ0) is 11.8. The molecule has 1 saturated heterocycles. The van der Waals surface area contributed by atoms with E-state index in [1.54, 1.807) is 0 Å². The van der Waals surface area contributed by atoms with E-state index in [-0.39, 0.29) is 0 Å². The van der Waals surface area contributed by atoms with Gasteiger partial charge in [0, 0.05) is 35.0 Å². The van der Waals surface area contributed by atoms with Gasteiger partial charge in [-0.25, -0.2) is 0 Å². The van der Waals surface area contributed by atoms with Crippen LogP contribution in [0.4, 0.5) is 0 Å². The number of hydrogen-bond acceptors (Lipinski definition) is 3. The van der Waals surface area contributed by atoms with E-state index in [0.717, 1.165) is 37.3 Å². The van der Waals surface area contributed by atoms with Gasteiger partial charge in [0.15, 0.2) is 0 Å². The Bertz CT molecular complexity index is 195. The van der Waals surface area contributed by atoms with Gasteiger partial charge in [-0.05, 0) is 38.1 Å². The lowest BCUT2D eigenvalue weighted by atomic mass is 9.99. The third-order valence-corrected chi connectivity index (χ3v) is 4.70. The van der Waals surface area contributed by atoms with Crippen LogP contribution in [0, 0.1) is 5.92 Å². The number of aliphatic hydroxyl groups excluding tert-OH is 1. The van der Waals surface area contributed by atoms with E-state index in [1.165, 1.54) is 12.8 Å². The molecule has 1 atom stereocenters. The fraction of sp³-hybridized carbons (Fsp3) is 1.00. The number of aliphatic hydroxyl groups is 1. The van der Waals surface area contributed by atoms with Crippen LogP contribution in [0.2, 0.25) is 0 Å². The van der Waals surface area contributed by atoms with Crippen molar-refractivity contribution in [2.24, 2.45) is 5.92 Å². The van der Waals surface area contributed by atoms with E-state index in [2.05, 4.69) is 12.2 Å². The third-order valence-electron chi connectivity index (χ3n) is 3.32. The zero-order valence-electron chi connectivity index (χ0n) is 10.3. The molecule has 3 nitrogen and oxygen atoms in total. The highest BCUT2D eigenvalue weighted by atomic mass is 32.2. The molecule has 0 radical (unpaired) electrons. The van der Waals surface area contributed by atoms with Gasteiger partial charge in [-0.2, -0.15) is 0 Å². The monoisotopic (exact) mass is 247 g/mol. The predicted molar refractivity (Wildman–Crippen MR) is 69.0 cm³/mol. The van der Waals surface area contributed by atoms with Crippen molar-refractivity contribution < 1.29 is 9.32 Å². The Morgan fingerprint density at radius 3 is 2.62 bits per heavy atom. The second-order valence-electron chi connectivity index (χ2n) is 4.70. The Morgan fingerprint density at radius 1 is 1.38 bits per heavy atom. The molecule has 96 valence electrons. The minimum absolute atomic E-state index is 0.293. The van der Waals surface area contributed by atoms with Crippen LogP contribution >= 0.6 is 0 Å². The van der Waals surface area contributed by atoms with Gasteiger partial charge in [0.1, 0.15) is 0 Å². The van der Waals surface area contributed by atoms with E-state index in [4.69, 9.17) is 5.11 Å². The second kappa shape index (κ2) is 8.20. The minimum atomic E-state index is -0.562. The van der Waals surface area contributed by atoms with Gasteiger partial charge in [0.25, 0.3) is 0 Å². The summed E-state index contributed by atoms with van der Waals surface area (Å²) in [5, 5.41) is 12.5. The topological polar surface area (TPSA) is 49.3 Å². The third kappa shape index (κ3) is 5.41. The molecule has 0 aromatic rings. The Hall–Kier alpha value is 0.0700. The summed E-state index contributed by atoms with van der Waals surface area (Å²) in [6.45, 7) is 3.49. The summed E-state index contributed by atoms with van der Waals surface area (Å²) < 4.78 is 11.2. The molecule has 0 aromatic carbocycles. The number of nitrogens with one attached hydrogen (secondary N) is 1. The fourth-order valence-electron chi connectivity index (χ4n) is 2.27. The van der Waals surface area contributed by atoms with Crippen molar-refractivity contribution in [3.05, 3.63) is 0 Å². The average molecular weight is 247 g/mol. The Balaban J connectivity index is 2.18. The lowest BCUT2D eigenvalue weighted by Crippen LogP contribution is -2.38. The predicted octanol–water partition coefficient (Wildman–Crippen LogP) is 1.29. The standard InChI is InChI=1S/C12H25NO2S/c1-2-3-11(4-7-14)10-13-12-5-8-16(15)9-6-12/h11-14H,2-10H2,1H3. The van der Waals surface area contributed by atoms with E-state index in [1.807, 2.05) is 0 Å². The highest BCUT2D eigenvalue weighted by Crippen LogP contribution is 2.13. The molecule has 0 amide bonds. The normalized spacial score (nSPS) is 27.9. The van der Waals surface area contributed by atoms with Gasteiger partial charge in [-0.15, -0.1) is 0 Å². The molecule has 0 aliphatic carbocycles. The molecule has 4 heteroatoms. The maximum absolute atomic E-state index is 11.2. The van der Waals surface area contributed by atoms with Crippen LogP contribution in [0.5, 0.6) is 0 Å². The van der Waals surface area contributed by atoms with Crippen LogP contribution in [0.25, 0.3) is 0 Å². The summed E-state index contributed by atoms with van der Waals surface area (Å²) >= 11 is 0. The highest BCUT2D eigenvalue weighted by Gasteiger charge is 2.18. The summed E-state index contributed by atoms with van der Waals surface area (Å²) in [5.74, 6) is 2.31. The van der Waals surface area contributed by atoms with Crippen LogP contribution in [0.15, 0.2) is 0 Å². The molecule has 1 fully saturated rings. The Labute approximate surface area is 101 Å². The van der Waals surface area contributed by atoms with Crippen molar-refractivity contribution >= 4 is 10.8 Å². The van der Waals surface area contributed by atoms with E-state index >= 15 is 0 Å². The largest absolute Gasteiger partial charge is 0.396 e. The van der Waals surface area contributed by atoms with Crippen LogP contribution < -0.4 is 5.32 Å². The summed E-state index contributed by atoms with van der Waals surface area (Å²) in [5.41, 5.74) is 0. The lowest BCUT2D eigenvalue weighted by molar-refractivity contribution is 0.244. The quantitative estimate of drug-likeness (QED) is 0.712. The maximum atomic E-state index is 11.2. The van der Waals surface area contributed by atoms with Crippen LogP contribution in [0.3, 0.4) is 0 Å². The smallest absolute Gasteiger partial charge is 0.0434 e. The first-order valence-corrected chi connectivity index (χ1v) is 7.94. The van der Waals surface area contributed by atoms with Crippen molar-refractivity contribution in [3.8, 4) is 0 Å². The SMILES string of the molecule is CCCC(CCO)CNC1CCS(=O)CC1. The Kier molecular flexibility index (Phi) is 7.25. The van der Waals surface area contributed by atoms with Crippen molar-refractivity contribution in [1.29, 1.82) is 0 Å². The van der Waals surface area contributed by atoms with Gasteiger partial charge >= 0.3 is 0 Å². The van der Waals surface area contributed by atoms with Gasteiger partial charge in [0.05, 0.1) is 0 Å². The van der Waals surface area contributed by atoms with Crippen LogP contribution in [0.1, 0.15) is 39.0 Å². The van der Waals surface area contributed by atoms with Crippen molar-refractivity contribution in [3.63, 3.8) is 0 Å².